The van der Waals surface area contributed by atoms with Gasteiger partial charge in [0.2, 0.25) is 5.88 Å². The summed E-state index contributed by atoms with van der Waals surface area (Å²) in [5, 5.41) is 11.3. The van der Waals surface area contributed by atoms with Gasteiger partial charge in [-0.2, -0.15) is 5.26 Å². The van der Waals surface area contributed by atoms with Gasteiger partial charge in [-0.3, -0.25) is 19.7 Å². The normalized spacial score (nSPS) is 9.96. The highest BCUT2D eigenvalue weighted by Gasteiger charge is 2.26. The van der Waals surface area contributed by atoms with Crippen LogP contribution < -0.4 is 11.1 Å². The first-order valence-corrected chi connectivity index (χ1v) is 6.60. The van der Waals surface area contributed by atoms with Gasteiger partial charge in [-0.05, 0) is 32.0 Å². The van der Waals surface area contributed by atoms with Crippen LogP contribution in [-0.4, -0.2) is 17.6 Å². The maximum atomic E-state index is 12.2. The van der Waals surface area contributed by atoms with E-state index in [1.165, 1.54) is 26.0 Å². The molecule has 0 saturated carbocycles. The Morgan fingerprint density at radius 1 is 1.26 bits per heavy atom. The van der Waals surface area contributed by atoms with Gasteiger partial charge in [0.1, 0.15) is 11.3 Å². The van der Waals surface area contributed by atoms with Gasteiger partial charge in [-0.15, -0.1) is 0 Å². The first-order valence-electron chi connectivity index (χ1n) is 6.60. The Hall–Kier alpha value is -3.40. The number of nitrogens with two attached hydrogens (primary N) is 1. The lowest BCUT2D eigenvalue weighted by atomic mass is 10.1. The number of benzene rings is 1. The molecule has 0 atom stereocenters. The molecule has 0 radical (unpaired) electrons. The molecule has 116 valence electrons. The minimum absolute atomic E-state index is 0.0403. The summed E-state index contributed by atoms with van der Waals surface area (Å²) in [5.74, 6) is -1.87. The molecule has 0 saturated heterocycles. The number of ketones is 1. The minimum atomic E-state index is -0.881. The predicted molar refractivity (Wildman–Crippen MR) is 81.1 cm³/mol. The van der Waals surface area contributed by atoms with Crippen LogP contribution >= 0.6 is 0 Å². The maximum Gasteiger partial charge on any atom is 0.258 e. The molecule has 7 heteroatoms. The standard InChI is InChI=1S/C16H13N3O4/c1-8(20)12-9(2)23-16(13(12)14(18)21)19-15(22)11-5-3-4-10(6-11)7-17/h3-6H,1-2H3,(H2,18,21)(H,19,22). The summed E-state index contributed by atoms with van der Waals surface area (Å²) in [5.41, 5.74) is 5.67. The number of carbonyl (C=O) groups is 3. The topological polar surface area (TPSA) is 126 Å². The highest BCUT2D eigenvalue weighted by molar-refractivity contribution is 6.13. The second-order valence-corrected chi connectivity index (χ2v) is 4.80. The minimum Gasteiger partial charge on any atom is -0.444 e. The fourth-order valence-corrected chi connectivity index (χ4v) is 2.20. The quantitative estimate of drug-likeness (QED) is 0.835. The Labute approximate surface area is 131 Å². The molecule has 3 N–H and O–H groups in total. The number of nitrogens with one attached hydrogen (secondary N) is 1. The van der Waals surface area contributed by atoms with Gasteiger partial charge in [-0.1, -0.05) is 6.07 Å². The summed E-state index contributed by atoms with van der Waals surface area (Å²) >= 11 is 0. The van der Waals surface area contributed by atoms with Crippen LogP contribution in [0, 0.1) is 18.3 Å². The van der Waals surface area contributed by atoms with Crippen molar-refractivity contribution in [1.29, 1.82) is 5.26 Å². The summed E-state index contributed by atoms with van der Waals surface area (Å²) in [6.45, 7) is 2.77. The van der Waals surface area contributed by atoms with Crippen molar-refractivity contribution in [2.75, 3.05) is 5.32 Å². The second-order valence-electron chi connectivity index (χ2n) is 4.80. The number of nitriles is 1. The molecule has 0 spiro atoms. The number of rotatable bonds is 4. The highest BCUT2D eigenvalue weighted by Crippen LogP contribution is 2.27. The monoisotopic (exact) mass is 311 g/mol. The van der Waals surface area contributed by atoms with Crippen LogP contribution in [0.4, 0.5) is 5.88 Å². The Kier molecular flexibility index (Phi) is 4.27. The molecule has 7 nitrogen and oxygen atoms in total. The molecule has 1 aromatic carbocycles. The van der Waals surface area contributed by atoms with E-state index in [1.54, 1.807) is 12.1 Å². The lowest BCUT2D eigenvalue weighted by molar-refractivity contribution is 0.0974. The zero-order chi connectivity index (χ0) is 17.1. The van der Waals surface area contributed by atoms with Crippen molar-refractivity contribution in [3.63, 3.8) is 0 Å². The molecule has 1 aromatic heterocycles. The molecule has 2 amide bonds. The lowest BCUT2D eigenvalue weighted by Crippen LogP contribution is -2.19. The molecular weight excluding hydrogens is 298 g/mol. The summed E-state index contributed by atoms with van der Waals surface area (Å²) in [6, 6.07) is 7.92. The van der Waals surface area contributed by atoms with Gasteiger partial charge < -0.3 is 10.2 Å². The predicted octanol–water partition coefficient (Wildman–Crippen LogP) is 2.01. The van der Waals surface area contributed by atoms with Gasteiger partial charge in [-0.25, -0.2) is 0 Å². The van der Waals surface area contributed by atoms with E-state index < -0.39 is 17.6 Å². The van der Waals surface area contributed by atoms with E-state index in [2.05, 4.69) is 5.32 Å². The van der Waals surface area contributed by atoms with Gasteiger partial charge in [0.15, 0.2) is 5.78 Å². The number of anilines is 1. The van der Waals surface area contributed by atoms with Crippen LogP contribution in [0.1, 0.15) is 49.3 Å². The fourth-order valence-electron chi connectivity index (χ4n) is 2.20. The SMILES string of the molecule is CC(=O)c1c(C)oc(NC(=O)c2cccc(C#N)c2)c1C(N)=O. The Balaban J connectivity index is 2.42. The third-order valence-corrected chi connectivity index (χ3v) is 3.16. The molecule has 2 rings (SSSR count). The van der Waals surface area contributed by atoms with E-state index in [-0.39, 0.29) is 28.3 Å². The summed E-state index contributed by atoms with van der Waals surface area (Å²) in [6.07, 6.45) is 0. The fraction of sp³-hybridized carbons (Fsp3) is 0.125. The summed E-state index contributed by atoms with van der Waals surface area (Å²) in [4.78, 5) is 35.5. The smallest absolute Gasteiger partial charge is 0.258 e. The number of Topliss-reactive ketones (excluding diaryl/α,β-unsaturated/α-hetero) is 1. The van der Waals surface area contributed by atoms with Crippen molar-refractivity contribution < 1.29 is 18.8 Å². The molecule has 1 heterocycles. The Morgan fingerprint density at radius 2 is 1.96 bits per heavy atom. The second kappa shape index (κ2) is 6.15. The third kappa shape index (κ3) is 3.11. The lowest BCUT2D eigenvalue weighted by Gasteiger charge is -2.04. The molecule has 0 aliphatic rings. The van der Waals surface area contributed by atoms with Crippen LogP contribution in [0.5, 0.6) is 0 Å². The number of nitrogens with zero attached hydrogens (tertiary/aromatic N) is 1. The molecule has 2 aromatic rings. The van der Waals surface area contributed by atoms with E-state index in [0.29, 0.717) is 5.56 Å². The number of amides is 2. The van der Waals surface area contributed by atoms with Crippen molar-refractivity contribution in [3.05, 3.63) is 52.3 Å². The first-order chi connectivity index (χ1) is 10.8. The van der Waals surface area contributed by atoms with Crippen molar-refractivity contribution >= 4 is 23.5 Å². The molecule has 0 fully saturated rings. The van der Waals surface area contributed by atoms with Crippen molar-refractivity contribution in [2.24, 2.45) is 5.73 Å². The molecule has 0 aliphatic carbocycles. The molecule has 0 unspecified atom stereocenters. The highest BCUT2D eigenvalue weighted by atomic mass is 16.4. The zero-order valence-corrected chi connectivity index (χ0v) is 12.5. The largest absolute Gasteiger partial charge is 0.444 e. The van der Waals surface area contributed by atoms with E-state index in [9.17, 15) is 14.4 Å². The van der Waals surface area contributed by atoms with Crippen LogP contribution in [0.25, 0.3) is 0 Å². The summed E-state index contributed by atoms with van der Waals surface area (Å²) in [7, 11) is 0. The number of hydrogen-bond acceptors (Lipinski definition) is 5. The van der Waals surface area contributed by atoms with E-state index in [4.69, 9.17) is 15.4 Å². The van der Waals surface area contributed by atoms with Crippen molar-refractivity contribution in [3.8, 4) is 6.07 Å². The van der Waals surface area contributed by atoms with Crippen molar-refractivity contribution in [1.82, 2.24) is 0 Å². The first kappa shape index (κ1) is 16.0. The van der Waals surface area contributed by atoms with Gasteiger partial charge >= 0.3 is 0 Å². The van der Waals surface area contributed by atoms with Crippen LogP contribution in [0.3, 0.4) is 0 Å². The number of furan rings is 1. The average molecular weight is 311 g/mol. The number of carbonyl (C=O) groups excluding carboxylic acids is 3. The number of hydrogen-bond donors (Lipinski definition) is 2. The number of primary amides is 1. The van der Waals surface area contributed by atoms with Crippen molar-refractivity contribution in [2.45, 2.75) is 13.8 Å². The van der Waals surface area contributed by atoms with E-state index in [1.807, 2.05) is 6.07 Å². The average Bonchev–Trinajstić information content (AvgIpc) is 2.83. The van der Waals surface area contributed by atoms with Crippen LogP contribution in [0.15, 0.2) is 28.7 Å². The Morgan fingerprint density at radius 3 is 2.52 bits per heavy atom. The van der Waals surface area contributed by atoms with Gasteiger partial charge in [0.25, 0.3) is 11.8 Å². The molecular formula is C16H13N3O4. The van der Waals surface area contributed by atoms with Crippen LogP contribution in [0.2, 0.25) is 0 Å². The van der Waals surface area contributed by atoms with Crippen LogP contribution in [-0.2, 0) is 0 Å². The molecule has 23 heavy (non-hydrogen) atoms. The Bertz CT molecular complexity index is 859. The van der Waals surface area contributed by atoms with Gasteiger partial charge in [0, 0.05) is 5.56 Å². The van der Waals surface area contributed by atoms with Gasteiger partial charge in [0.05, 0.1) is 17.2 Å². The third-order valence-electron chi connectivity index (χ3n) is 3.16. The zero-order valence-electron chi connectivity index (χ0n) is 12.5. The van der Waals surface area contributed by atoms with E-state index in [0.717, 1.165) is 0 Å². The maximum absolute atomic E-state index is 12.2. The summed E-state index contributed by atoms with van der Waals surface area (Å²) < 4.78 is 5.30. The van der Waals surface area contributed by atoms with E-state index >= 15 is 0 Å². The molecule has 0 bridgehead atoms. The number of aryl methyl sites for hydroxylation is 1. The molecule has 0 aliphatic heterocycles.